The molecule has 1 aromatic rings. The molecule has 0 radical (unpaired) electrons. The highest BCUT2D eigenvalue weighted by molar-refractivity contribution is 8.01. The minimum atomic E-state index is -0.750. The molecule has 2 rings (SSSR count). The fourth-order valence-corrected chi connectivity index (χ4v) is 3.76. The van der Waals surface area contributed by atoms with E-state index in [1.165, 1.54) is 0 Å². The summed E-state index contributed by atoms with van der Waals surface area (Å²) < 4.78 is -0.518. The molecule has 24 heavy (non-hydrogen) atoms. The zero-order chi connectivity index (χ0) is 18.1. The molecule has 2 amide bonds. The lowest BCUT2D eigenvalue weighted by Crippen LogP contribution is -2.58. The van der Waals surface area contributed by atoms with Crippen LogP contribution in [0.15, 0.2) is 29.2 Å². The quantitative estimate of drug-likeness (QED) is 0.717. The van der Waals surface area contributed by atoms with E-state index in [1.807, 2.05) is 38.1 Å². The highest BCUT2D eigenvalue weighted by atomic mass is 32.2. The lowest BCUT2D eigenvalue weighted by molar-refractivity contribution is -0.129. The fraction of sp³-hybridized carbons (Fsp3) is 0.500. The van der Waals surface area contributed by atoms with Gasteiger partial charge in [0.05, 0.1) is 11.7 Å². The molecule has 1 aromatic carbocycles. The Morgan fingerprint density at radius 3 is 2.71 bits per heavy atom. The molecule has 2 atom stereocenters. The SMILES string of the molecule is CB(O)N(C)[C@@H](C)C(=O)N[C@H]1C(=O)Nc2ccccc2SC1(C)C. The first-order chi connectivity index (χ1) is 11.1. The molecule has 0 aliphatic carbocycles. The first-order valence-electron chi connectivity index (χ1n) is 7.93. The molecule has 0 aromatic heterocycles. The first-order valence-corrected chi connectivity index (χ1v) is 8.74. The topological polar surface area (TPSA) is 81.7 Å². The van der Waals surface area contributed by atoms with Gasteiger partial charge in [0.25, 0.3) is 0 Å². The Labute approximate surface area is 147 Å². The first kappa shape index (κ1) is 18.8. The summed E-state index contributed by atoms with van der Waals surface area (Å²) in [5, 5.41) is 15.4. The maximum absolute atomic E-state index is 12.7. The second-order valence-corrected chi connectivity index (χ2v) is 8.30. The average Bonchev–Trinajstić information content (AvgIpc) is 2.60. The normalized spacial score (nSPS) is 20.6. The lowest BCUT2D eigenvalue weighted by Gasteiger charge is -2.33. The summed E-state index contributed by atoms with van der Waals surface area (Å²) in [5.74, 6) is -0.532. The smallest absolute Gasteiger partial charge is 0.376 e. The molecular weight excluding hydrogens is 325 g/mol. The molecule has 8 heteroatoms. The molecular formula is C16H24BN3O3S. The Kier molecular flexibility index (Phi) is 5.62. The van der Waals surface area contributed by atoms with Crippen molar-refractivity contribution in [2.75, 3.05) is 12.4 Å². The molecule has 0 bridgehead atoms. The van der Waals surface area contributed by atoms with Crippen molar-refractivity contribution in [1.29, 1.82) is 0 Å². The van der Waals surface area contributed by atoms with Crippen LogP contribution in [-0.4, -0.2) is 52.6 Å². The maximum Gasteiger partial charge on any atom is 0.376 e. The van der Waals surface area contributed by atoms with Crippen LogP contribution in [0.2, 0.25) is 6.82 Å². The Bertz CT molecular complexity index is 639. The number of thioether (sulfide) groups is 1. The van der Waals surface area contributed by atoms with Gasteiger partial charge in [-0.2, -0.15) is 0 Å². The average molecular weight is 349 g/mol. The number of para-hydroxylation sites is 1. The summed E-state index contributed by atoms with van der Waals surface area (Å²) >= 11 is 1.55. The van der Waals surface area contributed by atoms with Crippen LogP contribution in [0.3, 0.4) is 0 Å². The molecule has 0 saturated carbocycles. The number of nitrogens with zero attached hydrogens (tertiary/aromatic N) is 1. The summed E-state index contributed by atoms with van der Waals surface area (Å²) in [5.41, 5.74) is 0.756. The van der Waals surface area contributed by atoms with Gasteiger partial charge in [0.2, 0.25) is 11.8 Å². The summed E-state index contributed by atoms with van der Waals surface area (Å²) in [6.45, 7) is 7.17. The number of amides is 2. The van der Waals surface area contributed by atoms with Gasteiger partial charge >= 0.3 is 7.05 Å². The molecule has 0 unspecified atom stereocenters. The second-order valence-electron chi connectivity index (χ2n) is 6.61. The van der Waals surface area contributed by atoms with Gasteiger partial charge in [0.1, 0.15) is 6.04 Å². The van der Waals surface area contributed by atoms with Crippen LogP contribution in [0, 0.1) is 0 Å². The number of nitrogens with one attached hydrogen (secondary N) is 2. The molecule has 0 fully saturated rings. The zero-order valence-corrected chi connectivity index (χ0v) is 15.5. The van der Waals surface area contributed by atoms with E-state index in [4.69, 9.17) is 0 Å². The van der Waals surface area contributed by atoms with Gasteiger partial charge in [0.15, 0.2) is 0 Å². The molecule has 1 aliphatic heterocycles. The van der Waals surface area contributed by atoms with E-state index in [-0.39, 0.29) is 11.8 Å². The van der Waals surface area contributed by atoms with Crippen molar-refractivity contribution in [2.24, 2.45) is 0 Å². The number of anilines is 1. The lowest BCUT2D eigenvalue weighted by atomic mass is 9.84. The molecule has 6 nitrogen and oxygen atoms in total. The summed E-state index contributed by atoms with van der Waals surface area (Å²) in [7, 11) is 0.915. The number of likely N-dealkylation sites (N-methyl/N-ethyl adjacent to an activating group) is 1. The van der Waals surface area contributed by atoms with Crippen molar-refractivity contribution in [2.45, 2.75) is 49.3 Å². The molecule has 1 aliphatic rings. The number of benzene rings is 1. The molecule has 0 saturated heterocycles. The van der Waals surface area contributed by atoms with Gasteiger partial charge in [-0.25, -0.2) is 0 Å². The molecule has 0 spiro atoms. The van der Waals surface area contributed by atoms with Crippen LogP contribution in [0.25, 0.3) is 0 Å². The third kappa shape index (κ3) is 3.93. The maximum atomic E-state index is 12.7. The molecule has 3 N–H and O–H groups in total. The van der Waals surface area contributed by atoms with Crippen LogP contribution in [-0.2, 0) is 9.59 Å². The van der Waals surface area contributed by atoms with E-state index < -0.39 is 23.9 Å². The third-order valence-electron chi connectivity index (χ3n) is 4.34. The van der Waals surface area contributed by atoms with Crippen LogP contribution in [0.4, 0.5) is 5.69 Å². The molecule has 130 valence electrons. The number of carbonyl (C=O) groups is 2. The standard InChI is InChI=1S/C16H24BN3O3S/c1-10(20(5)17(4)23)14(21)19-13-15(22)18-11-8-6-7-9-12(11)24-16(13,2)3/h6-10,13,23H,1-5H3,(H,18,22)(H,19,21)/t10-,13-/m0/s1. The van der Waals surface area contributed by atoms with E-state index in [0.717, 1.165) is 10.6 Å². The Balaban J connectivity index is 2.21. The van der Waals surface area contributed by atoms with Crippen LogP contribution >= 0.6 is 11.8 Å². The highest BCUT2D eigenvalue weighted by Gasteiger charge is 2.41. The Hall–Kier alpha value is -1.51. The Morgan fingerprint density at radius 1 is 1.46 bits per heavy atom. The van der Waals surface area contributed by atoms with E-state index >= 15 is 0 Å². The Morgan fingerprint density at radius 2 is 2.08 bits per heavy atom. The fourth-order valence-electron chi connectivity index (χ4n) is 2.53. The largest absolute Gasteiger partial charge is 0.437 e. The summed E-state index contributed by atoms with van der Waals surface area (Å²) in [6, 6.07) is 6.36. The van der Waals surface area contributed by atoms with Crippen molar-refractivity contribution in [3.8, 4) is 0 Å². The van der Waals surface area contributed by atoms with Crippen molar-refractivity contribution in [3.05, 3.63) is 24.3 Å². The van der Waals surface area contributed by atoms with E-state index in [9.17, 15) is 14.6 Å². The zero-order valence-electron chi connectivity index (χ0n) is 14.7. The second kappa shape index (κ2) is 7.17. The van der Waals surface area contributed by atoms with Gasteiger partial charge in [-0.3, -0.25) is 9.59 Å². The molecule has 1 heterocycles. The summed E-state index contributed by atoms with van der Waals surface area (Å²) in [6.07, 6.45) is 0. The van der Waals surface area contributed by atoms with Gasteiger partial charge in [0, 0.05) is 9.64 Å². The van der Waals surface area contributed by atoms with Crippen LogP contribution < -0.4 is 10.6 Å². The monoisotopic (exact) mass is 349 g/mol. The number of fused-ring (bicyclic) bond motifs is 1. The van der Waals surface area contributed by atoms with E-state index in [1.54, 1.807) is 37.4 Å². The van der Waals surface area contributed by atoms with Crippen LogP contribution in [0.5, 0.6) is 0 Å². The predicted octanol–water partition coefficient (Wildman–Crippen LogP) is 1.42. The van der Waals surface area contributed by atoms with Gasteiger partial charge in [-0.1, -0.05) is 12.1 Å². The van der Waals surface area contributed by atoms with Crippen molar-refractivity contribution in [1.82, 2.24) is 10.1 Å². The van der Waals surface area contributed by atoms with Gasteiger partial charge in [-0.05, 0) is 46.8 Å². The van der Waals surface area contributed by atoms with Gasteiger partial charge in [-0.15, -0.1) is 11.8 Å². The number of rotatable bonds is 4. The van der Waals surface area contributed by atoms with E-state index in [2.05, 4.69) is 10.6 Å². The van der Waals surface area contributed by atoms with Gasteiger partial charge < -0.3 is 20.5 Å². The minimum absolute atomic E-state index is 0.238. The van der Waals surface area contributed by atoms with Crippen LogP contribution in [0.1, 0.15) is 20.8 Å². The number of hydrogen-bond acceptors (Lipinski definition) is 5. The number of carbonyl (C=O) groups excluding carboxylic acids is 2. The van der Waals surface area contributed by atoms with Crippen molar-refractivity contribution >= 4 is 36.3 Å². The van der Waals surface area contributed by atoms with Crippen molar-refractivity contribution in [3.63, 3.8) is 0 Å². The number of hydrogen-bond donors (Lipinski definition) is 3. The third-order valence-corrected chi connectivity index (χ3v) is 5.68. The van der Waals surface area contributed by atoms with Crippen molar-refractivity contribution < 1.29 is 14.6 Å². The highest BCUT2D eigenvalue weighted by Crippen LogP contribution is 2.41. The summed E-state index contributed by atoms with van der Waals surface area (Å²) in [4.78, 5) is 27.7. The minimum Gasteiger partial charge on any atom is -0.437 e. The van der Waals surface area contributed by atoms with E-state index in [0.29, 0.717) is 0 Å². The predicted molar refractivity (Wildman–Crippen MR) is 98.0 cm³/mol.